The normalized spacial score (nSPS) is 10.9. The summed E-state index contributed by atoms with van der Waals surface area (Å²) in [7, 11) is 0. The van der Waals surface area contributed by atoms with E-state index in [1.807, 2.05) is 0 Å². The van der Waals surface area contributed by atoms with Crippen molar-refractivity contribution < 1.29 is 0 Å². The van der Waals surface area contributed by atoms with Crippen LogP contribution in [0.1, 0.15) is 30.5 Å². The summed E-state index contributed by atoms with van der Waals surface area (Å²) in [6, 6.07) is 0. The van der Waals surface area contributed by atoms with Crippen LogP contribution in [0.3, 0.4) is 0 Å². The average Bonchev–Trinajstić information content (AvgIpc) is 2.52. The Morgan fingerprint density at radius 3 is 2.93 bits per heavy atom. The molecular weight excluding hydrogens is 216 g/mol. The van der Waals surface area contributed by atoms with Crippen molar-refractivity contribution in [1.29, 1.82) is 0 Å². The molecule has 78 valence electrons. The zero-order valence-corrected chi connectivity index (χ0v) is 10.1. The smallest absolute Gasteiger partial charge is 0.0954 e. The average molecular weight is 231 g/mol. The summed E-state index contributed by atoms with van der Waals surface area (Å²) >= 11 is 7.33. The summed E-state index contributed by atoms with van der Waals surface area (Å²) in [6.07, 6.45) is 0. The molecule has 0 aromatic carbocycles. The van der Waals surface area contributed by atoms with Crippen LogP contribution in [-0.2, 0) is 6.54 Å². The van der Waals surface area contributed by atoms with Gasteiger partial charge in [-0.15, -0.1) is 11.3 Å². The molecule has 0 aliphatic carbocycles. The molecule has 0 amide bonds. The second-order valence-corrected chi connectivity index (χ2v) is 4.88. The lowest BCUT2D eigenvalue weighted by molar-refractivity contribution is 0.731. The number of thiazole rings is 1. The van der Waals surface area contributed by atoms with E-state index >= 15 is 0 Å². The van der Waals surface area contributed by atoms with Gasteiger partial charge in [0, 0.05) is 29.4 Å². The van der Waals surface area contributed by atoms with E-state index in [2.05, 4.69) is 36.1 Å². The van der Waals surface area contributed by atoms with Gasteiger partial charge in [-0.2, -0.15) is 0 Å². The number of hydrogen-bond donors (Lipinski definition) is 1. The third-order valence-electron chi connectivity index (χ3n) is 1.69. The molecule has 0 saturated heterocycles. The Bertz CT molecular complexity index is 307. The quantitative estimate of drug-likeness (QED) is 0.841. The Kier molecular flexibility index (Phi) is 4.58. The highest BCUT2D eigenvalue weighted by Gasteiger charge is 2.04. The van der Waals surface area contributed by atoms with Gasteiger partial charge in [0.1, 0.15) is 0 Å². The molecule has 0 bridgehead atoms. The largest absolute Gasteiger partial charge is 0.306 e. The van der Waals surface area contributed by atoms with Crippen LogP contribution in [0.2, 0.25) is 0 Å². The van der Waals surface area contributed by atoms with Gasteiger partial charge >= 0.3 is 0 Å². The first kappa shape index (κ1) is 11.7. The lowest BCUT2D eigenvalue weighted by atomic mass is 10.2. The first-order valence-electron chi connectivity index (χ1n) is 4.58. The van der Waals surface area contributed by atoms with Crippen molar-refractivity contribution in [3.8, 4) is 0 Å². The number of rotatable bonds is 5. The van der Waals surface area contributed by atoms with E-state index in [-0.39, 0.29) is 0 Å². The third-order valence-corrected chi connectivity index (χ3v) is 3.01. The first-order chi connectivity index (χ1) is 6.59. The van der Waals surface area contributed by atoms with Crippen molar-refractivity contribution in [2.45, 2.75) is 26.3 Å². The summed E-state index contributed by atoms with van der Waals surface area (Å²) in [5.74, 6) is 0.511. The molecule has 1 N–H and O–H groups in total. The molecule has 0 aliphatic rings. The van der Waals surface area contributed by atoms with Gasteiger partial charge in [0.15, 0.2) is 0 Å². The highest BCUT2D eigenvalue weighted by atomic mass is 35.5. The highest BCUT2D eigenvalue weighted by molar-refractivity contribution is 7.09. The van der Waals surface area contributed by atoms with E-state index in [0.717, 1.165) is 12.2 Å². The van der Waals surface area contributed by atoms with Crippen molar-refractivity contribution in [3.05, 3.63) is 27.7 Å². The van der Waals surface area contributed by atoms with E-state index in [4.69, 9.17) is 11.6 Å². The summed E-state index contributed by atoms with van der Waals surface area (Å²) in [5, 5.41) is 7.06. The molecule has 0 atom stereocenters. The van der Waals surface area contributed by atoms with Crippen LogP contribution in [0.4, 0.5) is 0 Å². The Morgan fingerprint density at radius 2 is 2.43 bits per heavy atom. The molecule has 1 heterocycles. The summed E-state index contributed by atoms with van der Waals surface area (Å²) in [4.78, 5) is 4.49. The molecule has 1 aromatic heterocycles. The van der Waals surface area contributed by atoms with Crippen LogP contribution >= 0.6 is 22.9 Å². The maximum atomic E-state index is 5.62. The number of aromatic nitrogens is 1. The summed E-state index contributed by atoms with van der Waals surface area (Å²) in [6.45, 7) is 9.30. The van der Waals surface area contributed by atoms with Gasteiger partial charge in [-0.1, -0.05) is 32.0 Å². The van der Waals surface area contributed by atoms with Crippen molar-refractivity contribution in [3.63, 3.8) is 0 Å². The second-order valence-electron chi connectivity index (χ2n) is 3.45. The summed E-state index contributed by atoms with van der Waals surface area (Å²) < 4.78 is 0. The molecule has 0 aliphatic heterocycles. The molecular formula is C10H15ClN2S. The first-order valence-corrected chi connectivity index (χ1v) is 5.83. The monoisotopic (exact) mass is 230 g/mol. The molecule has 14 heavy (non-hydrogen) atoms. The predicted octanol–water partition coefficient (Wildman–Crippen LogP) is 3.11. The predicted molar refractivity (Wildman–Crippen MR) is 62.9 cm³/mol. The minimum Gasteiger partial charge on any atom is -0.306 e. The van der Waals surface area contributed by atoms with Crippen LogP contribution in [0.5, 0.6) is 0 Å². The molecule has 1 aromatic rings. The van der Waals surface area contributed by atoms with E-state index in [1.54, 1.807) is 11.3 Å². The van der Waals surface area contributed by atoms with Crippen molar-refractivity contribution in [1.82, 2.24) is 10.3 Å². The van der Waals surface area contributed by atoms with Gasteiger partial charge in [-0.05, 0) is 0 Å². The topological polar surface area (TPSA) is 24.9 Å². The maximum absolute atomic E-state index is 5.62. The molecule has 0 radical (unpaired) electrons. The number of halogens is 1. The molecule has 1 rings (SSSR count). The fraction of sp³-hybridized carbons (Fsp3) is 0.500. The Labute approximate surface area is 94.0 Å². The fourth-order valence-electron chi connectivity index (χ4n) is 0.995. The van der Waals surface area contributed by atoms with Gasteiger partial charge in [0.2, 0.25) is 0 Å². The van der Waals surface area contributed by atoms with E-state index in [1.165, 1.54) is 5.01 Å². The van der Waals surface area contributed by atoms with Crippen LogP contribution in [0.25, 0.3) is 0 Å². The zero-order valence-electron chi connectivity index (χ0n) is 8.51. The highest BCUT2D eigenvalue weighted by Crippen LogP contribution is 2.18. The third kappa shape index (κ3) is 3.78. The van der Waals surface area contributed by atoms with Crippen LogP contribution in [0.15, 0.2) is 17.0 Å². The van der Waals surface area contributed by atoms with Crippen LogP contribution < -0.4 is 5.32 Å². The minimum absolute atomic E-state index is 0.511. The lowest BCUT2D eigenvalue weighted by Crippen LogP contribution is -2.14. The van der Waals surface area contributed by atoms with E-state index < -0.39 is 0 Å². The maximum Gasteiger partial charge on any atom is 0.0954 e. The van der Waals surface area contributed by atoms with Gasteiger partial charge in [-0.3, -0.25) is 0 Å². The van der Waals surface area contributed by atoms with Crippen molar-refractivity contribution in [2.75, 3.05) is 6.54 Å². The lowest BCUT2D eigenvalue weighted by Gasteiger charge is -2.00. The zero-order chi connectivity index (χ0) is 10.6. The molecule has 4 heteroatoms. The SMILES string of the molecule is C=C(Cl)CNCc1csc(C(C)C)n1. The Balaban J connectivity index is 2.40. The second kappa shape index (κ2) is 5.49. The van der Waals surface area contributed by atoms with Gasteiger partial charge in [0.25, 0.3) is 0 Å². The van der Waals surface area contributed by atoms with Crippen molar-refractivity contribution >= 4 is 22.9 Å². The van der Waals surface area contributed by atoms with Crippen LogP contribution in [-0.4, -0.2) is 11.5 Å². The van der Waals surface area contributed by atoms with Gasteiger partial charge in [-0.25, -0.2) is 4.98 Å². The van der Waals surface area contributed by atoms with Gasteiger partial charge in [0.05, 0.1) is 10.7 Å². The molecule has 0 fully saturated rings. The standard InChI is InChI=1S/C10H15ClN2S/c1-7(2)10-13-9(6-14-10)5-12-4-8(3)11/h6-7,12H,3-5H2,1-2H3. The number of nitrogens with one attached hydrogen (secondary N) is 1. The number of hydrogen-bond acceptors (Lipinski definition) is 3. The van der Waals surface area contributed by atoms with Crippen LogP contribution in [0, 0.1) is 0 Å². The van der Waals surface area contributed by atoms with E-state index in [9.17, 15) is 0 Å². The van der Waals surface area contributed by atoms with E-state index in [0.29, 0.717) is 17.5 Å². The summed E-state index contributed by atoms with van der Waals surface area (Å²) in [5.41, 5.74) is 1.08. The molecule has 2 nitrogen and oxygen atoms in total. The fourth-order valence-corrected chi connectivity index (χ4v) is 1.92. The Hall–Kier alpha value is -0.380. The van der Waals surface area contributed by atoms with Crippen molar-refractivity contribution in [2.24, 2.45) is 0 Å². The number of nitrogens with zero attached hydrogens (tertiary/aromatic N) is 1. The molecule has 0 unspecified atom stereocenters. The molecule has 0 spiro atoms. The Morgan fingerprint density at radius 1 is 1.71 bits per heavy atom. The van der Waals surface area contributed by atoms with Gasteiger partial charge < -0.3 is 5.32 Å². The molecule has 0 saturated carbocycles. The minimum atomic E-state index is 0.511.